The number of aliphatic hydroxyl groups excluding tert-OH is 1. The number of aliphatic hydroxyl groups is 1. The summed E-state index contributed by atoms with van der Waals surface area (Å²) >= 11 is 0. The number of nitrogens with zero attached hydrogens (tertiary/aromatic N) is 1. The third-order valence-electron chi connectivity index (χ3n) is 3.18. The van der Waals surface area contributed by atoms with Crippen molar-refractivity contribution in [3.8, 4) is 0 Å². The van der Waals surface area contributed by atoms with Crippen molar-refractivity contribution in [2.45, 2.75) is 32.8 Å². The van der Waals surface area contributed by atoms with Gasteiger partial charge in [-0.25, -0.2) is 4.79 Å². The fourth-order valence-electron chi connectivity index (χ4n) is 2.18. The molecule has 0 aromatic carbocycles. The average Bonchev–Trinajstić information content (AvgIpc) is 2.28. The van der Waals surface area contributed by atoms with E-state index in [0.717, 1.165) is 19.4 Å². The van der Waals surface area contributed by atoms with Gasteiger partial charge in [0, 0.05) is 25.6 Å². The lowest BCUT2D eigenvalue weighted by Crippen LogP contribution is -2.45. The molecule has 1 fully saturated rings. The fraction of sp³-hybridized carbons (Fsp3) is 0.917. The van der Waals surface area contributed by atoms with Crippen LogP contribution in [0, 0.1) is 11.8 Å². The molecule has 3 N–H and O–H groups in total. The zero-order valence-corrected chi connectivity index (χ0v) is 10.7. The van der Waals surface area contributed by atoms with E-state index in [1.807, 2.05) is 0 Å². The number of amides is 1. The van der Waals surface area contributed by atoms with Gasteiger partial charge in [-0.1, -0.05) is 13.8 Å². The summed E-state index contributed by atoms with van der Waals surface area (Å²) in [7, 11) is 0. The SMILES string of the molecule is CC(C)CNCC(O)C1CCCN(C(=O)O)C1. The number of nitrogens with one attached hydrogen (secondary N) is 1. The van der Waals surface area contributed by atoms with Gasteiger partial charge in [0.25, 0.3) is 0 Å². The highest BCUT2D eigenvalue weighted by atomic mass is 16.4. The van der Waals surface area contributed by atoms with Crippen LogP contribution < -0.4 is 5.32 Å². The van der Waals surface area contributed by atoms with Crippen LogP contribution >= 0.6 is 0 Å². The Morgan fingerprint density at radius 1 is 1.47 bits per heavy atom. The Labute approximate surface area is 103 Å². The molecule has 5 heteroatoms. The maximum absolute atomic E-state index is 10.9. The van der Waals surface area contributed by atoms with Gasteiger partial charge in [-0.05, 0) is 25.3 Å². The zero-order chi connectivity index (χ0) is 12.8. The lowest BCUT2D eigenvalue weighted by molar-refractivity contribution is 0.0507. The maximum atomic E-state index is 10.9. The van der Waals surface area contributed by atoms with E-state index >= 15 is 0 Å². The first-order valence-corrected chi connectivity index (χ1v) is 6.37. The first-order chi connectivity index (χ1) is 8.00. The summed E-state index contributed by atoms with van der Waals surface area (Å²) < 4.78 is 0. The molecule has 100 valence electrons. The molecule has 0 radical (unpaired) electrons. The predicted octanol–water partition coefficient (Wildman–Crippen LogP) is 0.983. The average molecular weight is 244 g/mol. The molecule has 5 nitrogen and oxygen atoms in total. The number of hydrogen-bond donors (Lipinski definition) is 3. The van der Waals surface area contributed by atoms with Gasteiger partial charge in [-0.15, -0.1) is 0 Å². The molecule has 0 aliphatic carbocycles. The minimum atomic E-state index is -0.878. The zero-order valence-electron chi connectivity index (χ0n) is 10.7. The molecular formula is C12H24N2O3. The van der Waals surface area contributed by atoms with Crippen LogP contribution in [0.4, 0.5) is 4.79 Å². The highest BCUT2D eigenvalue weighted by Gasteiger charge is 2.27. The number of piperidine rings is 1. The first-order valence-electron chi connectivity index (χ1n) is 6.37. The highest BCUT2D eigenvalue weighted by molar-refractivity contribution is 5.65. The molecule has 0 aromatic rings. The van der Waals surface area contributed by atoms with E-state index < -0.39 is 12.2 Å². The quantitative estimate of drug-likeness (QED) is 0.674. The number of likely N-dealkylation sites (tertiary alicyclic amines) is 1. The topological polar surface area (TPSA) is 72.8 Å². The van der Waals surface area contributed by atoms with Gasteiger partial charge in [0.1, 0.15) is 0 Å². The van der Waals surface area contributed by atoms with Crippen LogP contribution in [0.2, 0.25) is 0 Å². The lowest BCUT2D eigenvalue weighted by atomic mass is 9.92. The number of hydrogen-bond acceptors (Lipinski definition) is 3. The van der Waals surface area contributed by atoms with E-state index in [9.17, 15) is 9.90 Å². The summed E-state index contributed by atoms with van der Waals surface area (Å²) in [5, 5.41) is 22.1. The number of carbonyl (C=O) groups is 1. The lowest BCUT2D eigenvalue weighted by Gasteiger charge is -2.33. The van der Waals surface area contributed by atoms with Crippen LogP contribution in [0.3, 0.4) is 0 Å². The predicted molar refractivity (Wildman–Crippen MR) is 66.0 cm³/mol. The second kappa shape index (κ2) is 6.81. The summed E-state index contributed by atoms with van der Waals surface area (Å²) in [5.74, 6) is 0.628. The van der Waals surface area contributed by atoms with E-state index in [1.54, 1.807) is 0 Å². The Morgan fingerprint density at radius 3 is 2.76 bits per heavy atom. The third-order valence-corrected chi connectivity index (χ3v) is 3.18. The van der Waals surface area contributed by atoms with Gasteiger partial charge < -0.3 is 20.4 Å². The largest absolute Gasteiger partial charge is 0.465 e. The molecule has 0 saturated carbocycles. The van der Waals surface area contributed by atoms with Gasteiger partial charge in [0.05, 0.1) is 6.10 Å². The first kappa shape index (κ1) is 14.3. The van der Waals surface area contributed by atoms with Crippen LogP contribution in [0.5, 0.6) is 0 Å². The Morgan fingerprint density at radius 2 is 2.18 bits per heavy atom. The molecule has 1 rings (SSSR count). The second-order valence-corrected chi connectivity index (χ2v) is 5.25. The van der Waals surface area contributed by atoms with Gasteiger partial charge in [-0.3, -0.25) is 0 Å². The van der Waals surface area contributed by atoms with Crippen molar-refractivity contribution in [2.75, 3.05) is 26.2 Å². The van der Waals surface area contributed by atoms with Crippen molar-refractivity contribution in [2.24, 2.45) is 11.8 Å². The molecule has 17 heavy (non-hydrogen) atoms. The Kier molecular flexibility index (Phi) is 5.71. The molecule has 2 unspecified atom stereocenters. The number of rotatable bonds is 5. The van der Waals surface area contributed by atoms with Gasteiger partial charge >= 0.3 is 6.09 Å². The van der Waals surface area contributed by atoms with Gasteiger partial charge in [-0.2, -0.15) is 0 Å². The third kappa shape index (κ3) is 4.91. The van der Waals surface area contributed by atoms with Crippen molar-refractivity contribution in [1.82, 2.24) is 10.2 Å². The summed E-state index contributed by atoms with van der Waals surface area (Å²) in [5.41, 5.74) is 0. The molecule has 2 atom stereocenters. The Hall–Kier alpha value is -0.810. The van der Waals surface area contributed by atoms with Crippen molar-refractivity contribution < 1.29 is 15.0 Å². The smallest absolute Gasteiger partial charge is 0.407 e. The molecule has 1 amide bonds. The van der Waals surface area contributed by atoms with Crippen LogP contribution in [0.15, 0.2) is 0 Å². The van der Waals surface area contributed by atoms with E-state index in [1.165, 1.54) is 4.90 Å². The van der Waals surface area contributed by atoms with Crippen molar-refractivity contribution in [3.05, 3.63) is 0 Å². The molecule has 1 aliphatic rings. The van der Waals surface area contributed by atoms with E-state index in [2.05, 4.69) is 19.2 Å². The molecule has 1 saturated heterocycles. The van der Waals surface area contributed by atoms with Gasteiger partial charge in [0.15, 0.2) is 0 Å². The van der Waals surface area contributed by atoms with Crippen molar-refractivity contribution >= 4 is 6.09 Å². The normalized spacial score (nSPS) is 22.8. The second-order valence-electron chi connectivity index (χ2n) is 5.25. The molecule has 1 heterocycles. The summed E-state index contributed by atoms with van der Waals surface area (Å²) in [6.45, 7) is 6.72. The standard InChI is InChI=1S/C12H24N2O3/c1-9(2)6-13-7-11(15)10-4-3-5-14(8-10)12(16)17/h9-11,13,15H,3-8H2,1-2H3,(H,16,17). The van der Waals surface area contributed by atoms with Crippen LogP contribution in [-0.2, 0) is 0 Å². The van der Waals surface area contributed by atoms with Crippen molar-refractivity contribution in [3.63, 3.8) is 0 Å². The summed E-state index contributed by atoms with van der Waals surface area (Å²) in [6.07, 6.45) is 0.430. The minimum absolute atomic E-state index is 0.0690. The fourth-order valence-corrected chi connectivity index (χ4v) is 2.18. The molecular weight excluding hydrogens is 220 g/mol. The van der Waals surface area contributed by atoms with Crippen LogP contribution in [-0.4, -0.2) is 53.5 Å². The molecule has 0 aromatic heterocycles. The summed E-state index contributed by atoms with van der Waals surface area (Å²) in [6, 6.07) is 0. The molecule has 0 bridgehead atoms. The van der Waals surface area contributed by atoms with Crippen molar-refractivity contribution in [1.29, 1.82) is 0 Å². The Bertz CT molecular complexity index is 246. The maximum Gasteiger partial charge on any atom is 0.407 e. The van der Waals surface area contributed by atoms with E-state index in [-0.39, 0.29) is 5.92 Å². The van der Waals surface area contributed by atoms with Gasteiger partial charge in [0.2, 0.25) is 0 Å². The molecule has 0 spiro atoms. The number of carboxylic acid groups (broad SMARTS) is 1. The minimum Gasteiger partial charge on any atom is -0.465 e. The van der Waals surface area contributed by atoms with Crippen LogP contribution in [0.25, 0.3) is 0 Å². The van der Waals surface area contributed by atoms with E-state index in [4.69, 9.17) is 5.11 Å². The highest BCUT2D eigenvalue weighted by Crippen LogP contribution is 2.19. The Balaban J connectivity index is 2.30. The van der Waals surface area contributed by atoms with E-state index in [0.29, 0.717) is 25.6 Å². The monoisotopic (exact) mass is 244 g/mol. The van der Waals surface area contributed by atoms with Crippen LogP contribution in [0.1, 0.15) is 26.7 Å². The molecule has 1 aliphatic heterocycles. The summed E-state index contributed by atoms with van der Waals surface area (Å²) in [4.78, 5) is 12.3.